The van der Waals surface area contributed by atoms with E-state index in [0.29, 0.717) is 5.19 Å². The molecule has 0 bridgehead atoms. The molecule has 4 aromatic rings. The predicted octanol–water partition coefficient (Wildman–Crippen LogP) is 3.83. The van der Waals surface area contributed by atoms with E-state index in [-0.39, 0.29) is 0 Å². The summed E-state index contributed by atoms with van der Waals surface area (Å²) in [5, 5.41) is 5.99. The van der Waals surface area contributed by atoms with Gasteiger partial charge in [-0.05, 0) is 48.4 Å². The smallest absolute Gasteiger partial charge is 0.294 e. The second kappa shape index (κ2) is 4.33. The van der Waals surface area contributed by atoms with Crippen LogP contribution in [-0.4, -0.2) is 21.7 Å². The molecule has 21 heavy (non-hydrogen) atoms. The number of nitrogens with zero attached hydrogens (tertiary/aromatic N) is 3. The lowest BCUT2D eigenvalue weighted by Gasteiger charge is -1.96. The lowest BCUT2D eigenvalue weighted by molar-refractivity contribution is 0.405. The van der Waals surface area contributed by atoms with Crippen molar-refractivity contribution in [2.24, 2.45) is 0 Å². The molecule has 0 radical (unpaired) electrons. The van der Waals surface area contributed by atoms with Gasteiger partial charge in [0.05, 0.1) is 13.3 Å². The number of ether oxygens (including phenoxy) is 1. The topological polar surface area (TPSA) is 52.6 Å². The van der Waals surface area contributed by atoms with Crippen LogP contribution in [0.2, 0.25) is 0 Å². The predicted molar refractivity (Wildman–Crippen MR) is 82.1 cm³/mol. The monoisotopic (exact) mass is 299 g/mol. The van der Waals surface area contributed by atoms with Gasteiger partial charge >= 0.3 is 0 Å². The van der Waals surface area contributed by atoms with Crippen molar-refractivity contribution in [2.45, 2.75) is 13.8 Å². The zero-order valence-corrected chi connectivity index (χ0v) is 12.7. The number of fused-ring (bicyclic) bond motifs is 2. The molecule has 3 heterocycles. The van der Waals surface area contributed by atoms with Gasteiger partial charge in [0.25, 0.3) is 5.19 Å². The van der Waals surface area contributed by atoms with E-state index in [4.69, 9.17) is 9.15 Å². The van der Waals surface area contributed by atoms with Gasteiger partial charge < -0.3 is 9.15 Å². The van der Waals surface area contributed by atoms with Gasteiger partial charge in [-0.2, -0.15) is 0 Å². The van der Waals surface area contributed by atoms with Crippen LogP contribution in [0.4, 0.5) is 0 Å². The first kappa shape index (κ1) is 12.4. The van der Waals surface area contributed by atoms with Crippen LogP contribution in [0.25, 0.3) is 27.4 Å². The Labute approximate surface area is 124 Å². The van der Waals surface area contributed by atoms with Crippen LogP contribution >= 0.6 is 11.3 Å². The minimum atomic E-state index is 0.597. The Morgan fingerprint density at radius 2 is 2.10 bits per heavy atom. The van der Waals surface area contributed by atoms with Crippen LogP contribution in [0, 0.1) is 13.8 Å². The number of benzene rings is 1. The number of hydrogen-bond acceptors (Lipinski definition) is 5. The summed E-state index contributed by atoms with van der Waals surface area (Å²) in [7, 11) is 1.60. The molecule has 0 N–H and O–H groups in total. The minimum absolute atomic E-state index is 0.597. The average Bonchev–Trinajstić information content (AvgIpc) is 3.08. The molecule has 0 aliphatic carbocycles. The molecule has 0 spiro atoms. The molecule has 0 aliphatic heterocycles. The van der Waals surface area contributed by atoms with E-state index >= 15 is 0 Å². The average molecular weight is 299 g/mol. The Bertz CT molecular complexity index is 933. The number of rotatable bonds is 2. The highest BCUT2D eigenvalue weighted by molar-refractivity contribution is 7.18. The van der Waals surface area contributed by atoms with Crippen molar-refractivity contribution in [2.75, 3.05) is 7.11 Å². The number of imidazole rings is 1. The SMILES string of the molecule is COc1nn2cc(-c3cc4c(C)cc(C)cc4o3)nc2s1. The maximum Gasteiger partial charge on any atom is 0.294 e. The van der Waals surface area contributed by atoms with E-state index in [2.05, 4.69) is 30.0 Å². The molecule has 0 unspecified atom stereocenters. The third-order valence-electron chi connectivity index (χ3n) is 3.44. The molecule has 6 heteroatoms. The van der Waals surface area contributed by atoms with Crippen molar-refractivity contribution < 1.29 is 9.15 Å². The van der Waals surface area contributed by atoms with Crippen molar-refractivity contribution >= 4 is 27.3 Å². The molecule has 0 atom stereocenters. The van der Waals surface area contributed by atoms with E-state index in [0.717, 1.165) is 27.4 Å². The molecular formula is C15H13N3O2S. The number of hydrogen-bond donors (Lipinski definition) is 0. The third kappa shape index (κ3) is 1.91. The van der Waals surface area contributed by atoms with Gasteiger partial charge in [-0.15, -0.1) is 5.10 Å². The highest BCUT2D eigenvalue weighted by Gasteiger charge is 2.14. The number of aryl methyl sites for hydroxylation is 2. The molecule has 0 aliphatic rings. The van der Waals surface area contributed by atoms with E-state index in [1.54, 1.807) is 11.6 Å². The van der Waals surface area contributed by atoms with Gasteiger partial charge in [0, 0.05) is 5.39 Å². The molecular weight excluding hydrogens is 286 g/mol. The van der Waals surface area contributed by atoms with E-state index in [1.807, 2.05) is 18.3 Å². The van der Waals surface area contributed by atoms with Gasteiger partial charge in [-0.3, -0.25) is 0 Å². The maximum atomic E-state index is 5.94. The number of methoxy groups -OCH3 is 1. The molecule has 0 fully saturated rings. The maximum absolute atomic E-state index is 5.94. The fourth-order valence-electron chi connectivity index (χ4n) is 2.50. The first-order valence-electron chi connectivity index (χ1n) is 6.55. The van der Waals surface area contributed by atoms with Gasteiger partial charge in [-0.1, -0.05) is 6.07 Å². The molecule has 0 amide bonds. The van der Waals surface area contributed by atoms with E-state index < -0.39 is 0 Å². The van der Waals surface area contributed by atoms with Crippen molar-refractivity contribution in [1.29, 1.82) is 0 Å². The van der Waals surface area contributed by atoms with Gasteiger partial charge in [0.15, 0.2) is 5.76 Å². The quantitative estimate of drug-likeness (QED) is 0.564. The van der Waals surface area contributed by atoms with Crippen molar-refractivity contribution in [3.05, 3.63) is 35.5 Å². The lowest BCUT2D eigenvalue weighted by Crippen LogP contribution is -1.84. The fraction of sp³-hybridized carbons (Fsp3) is 0.200. The summed E-state index contributed by atoms with van der Waals surface area (Å²) in [6.45, 7) is 4.16. The highest BCUT2D eigenvalue weighted by atomic mass is 32.1. The molecule has 0 saturated carbocycles. The summed E-state index contributed by atoms with van der Waals surface area (Å²) in [4.78, 5) is 5.33. The fourth-order valence-corrected chi connectivity index (χ4v) is 3.20. The standard InChI is InChI=1S/C15H13N3O2S/c1-8-4-9(2)10-6-13(20-12(10)5-8)11-7-18-14(16-11)21-15(17-18)19-3/h4-7H,1-3H3. The highest BCUT2D eigenvalue weighted by Crippen LogP contribution is 2.31. The summed E-state index contributed by atoms with van der Waals surface area (Å²) < 4.78 is 12.8. The van der Waals surface area contributed by atoms with E-state index in [1.165, 1.54) is 22.5 Å². The Morgan fingerprint density at radius 1 is 1.24 bits per heavy atom. The molecule has 4 rings (SSSR count). The molecule has 1 aromatic carbocycles. The van der Waals surface area contributed by atoms with Gasteiger partial charge in [0.2, 0.25) is 4.96 Å². The van der Waals surface area contributed by atoms with Crippen molar-refractivity contribution in [1.82, 2.24) is 14.6 Å². The molecule has 5 nitrogen and oxygen atoms in total. The normalized spacial score (nSPS) is 11.6. The first-order valence-corrected chi connectivity index (χ1v) is 7.37. The van der Waals surface area contributed by atoms with Crippen molar-refractivity contribution in [3.63, 3.8) is 0 Å². The second-order valence-corrected chi connectivity index (χ2v) is 5.95. The summed E-state index contributed by atoms with van der Waals surface area (Å²) >= 11 is 1.40. The molecule has 106 valence electrons. The van der Waals surface area contributed by atoms with Crippen LogP contribution < -0.4 is 4.74 Å². The summed E-state index contributed by atoms with van der Waals surface area (Å²) in [5.74, 6) is 0.760. The zero-order valence-electron chi connectivity index (χ0n) is 11.9. The number of furan rings is 1. The summed E-state index contributed by atoms with van der Waals surface area (Å²) in [5.41, 5.74) is 4.08. The van der Waals surface area contributed by atoms with Gasteiger partial charge in [-0.25, -0.2) is 9.50 Å². The second-order valence-electron chi connectivity index (χ2n) is 5.03. The zero-order chi connectivity index (χ0) is 14.6. The Morgan fingerprint density at radius 3 is 2.86 bits per heavy atom. The Balaban J connectivity index is 1.87. The van der Waals surface area contributed by atoms with Crippen LogP contribution in [0.1, 0.15) is 11.1 Å². The van der Waals surface area contributed by atoms with Crippen LogP contribution in [0.5, 0.6) is 5.19 Å². The van der Waals surface area contributed by atoms with Crippen molar-refractivity contribution in [3.8, 4) is 16.6 Å². The first-order chi connectivity index (χ1) is 10.1. The van der Waals surface area contributed by atoms with Crippen LogP contribution in [0.3, 0.4) is 0 Å². The van der Waals surface area contributed by atoms with Gasteiger partial charge in [0.1, 0.15) is 11.3 Å². The lowest BCUT2D eigenvalue weighted by atomic mass is 10.1. The van der Waals surface area contributed by atoms with E-state index in [9.17, 15) is 0 Å². The minimum Gasteiger partial charge on any atom is -0.472 e. The van der Waals surface area contributed by atoms with Crippen LogP contribution in [0.15, 0.2) is 28.8 Å². The summed E-state index contributed by atoms with van der Waals surface area (Å²) in [6.07, 6.45) is 1.86. The largest absolute Gasteiger partial charge is 0.472 e. The van der Waals surface area contributed by atoms with Crippen LogP contribution in [-0.2, 0) is 0 Å². The Kier molecular flexibility index (Phi) is 2.56. The third-order valence-corrected chi connectivity index (χ3v) is 4.32. The Hall–Kier alpha value is -2.34. The summed E-state index contributed by atoms with van der Waals surface area (Å²) in [6, 6.07) is 6.24. The number of aromatic nitrogens is 3. The molecule has 0 saturated heterocycles. The molecule has 3 aromatic heterocycles.